The molecule has 0 saturated heterocycles. The summed E-state index contributed by atoms with van der Waals surface area (Å²) in [7, 11) is 0. The molecule has 0 bridgehead atoms. The van der Waals surface area contributed by atoms with Crippen LogP contribution in [0.2, 0.25) is 0 Å². The summed E-state index contributed by atoms with van der Waals surface area (Å²) in [6.07, 6.45) is 3.96. The summed E-state index contributed by atoms with van der Waals surface area (Å²) in [5, 5.41) is 3.59. The van der Waals surface area contributed by atoms with Crippen molar-refractivity contribution in [3.8, 4) is 0 Å². The molecule has 0 fully saturated rings. The Bertz CT molecular complexity index is 104. The van der Waals surface area contributed by atoms with E-state index < -0.39 is 0 Å². The Morgan fingerprint density at radius 3 is 2.08 bits per heavy atom. The minimum absolute atomic E-state index is 0.734. The zero-order valence-corrected chi connectivity index (χ0v) is 10.1. The lowest BCUT2D eigenvalue weighted by atomic mass is 9.89. The lowest BCUT2D eigenvalue weighted by Gasteiger charge is -2.25. The fraction of sp³-hybridized carbons (Fsp3) is 1.00. The predicted octanol–water partition coefficient (Wildman–Crippen LogP) is 3.45. The van der Waals surface area contributed by atoms with E-state index in [1.54, 1.807) is 0 Å². The van der Waals surface area contributed by atoms with E-state index >= 15 is 0 Å². The highest BCUT2D eigenvalue weighted by atomic mass is 14.9. The summed E-state index contributed by atoms with van der Waals surface area (Å²) in [5.41, 5.74) is 0. The van der Waals surface area contributed by atoms with Gasteiger partial charge in [0.2, 0.25) is 0 Å². The van der Waals surface area contributed by atoms with Crippen LogP contribution in [0.15, 0.2) is 0 Å². The van der Waals surface area contributed by atoms with Crippen LogP contribution in [-0.2, 0) is 0 Å². The zero-order valence-electron chi connectivity index (χ0n) is 10.1. The van der Waals surface area contributed by atoms with Gasteiger partial charge in [-0.1, -0.05) is 41.0 Å². The standard InChI is InChI=1S/C12H27N/c1-6-8-12(13-7-2)11(5)9-10(3)4/h10-13H,6-9H2,1-5H3. The highest BCUT2D eigenvalue weighted by Crippen LogP contribution is 2.17. The van der Waals surface area contributed by atoms with Crippen LogP contribution in [0.3, 0.4) is 0 Å². The molecule has 0 heterocycles. The number of nitrogens with one attached hydrogen (secondary N) is 1. The zero-order chi connectivity index (χ0) is 10.3. The maximum absolute atomic E-state index is 3.59. The molecule has 0 aliphatic rings. The molecule has 1 N–H and O–H groups in total. The molecule has 0 aromatic rings. The molecule has 1 nitrogen and oxygen atoms in total. The Hall–Kier alpha value is -0.0400. The van der Waals surface area contributed by atoms with E-state index in [0.717, 1.165) is 24.4 Å². The van der Waals surface area contributed by atoms with Gasteiger partial charge in [0.05, 0.1) is 0 Å². The third-order valence-corrected chi connectivity index (χ3v) is 2.60. The fourth-order valence-electron chi connectivity index (χ4n) is 2.07. The van der Waals surface area contributed by atoms with Crippen LogP contribution in [0.4, 0.5) is 0 Å². The van der Waals surface area contributed by atoms with E-state index in [0.29, 0.717) is 0 Å². The lowest BCUT2D eigenvalue weighted by Crippen LogP contribution is -2.35. The van der Waals surface area contributed by atoms with E-state index in [-0.39, 0.29) is 0 Å². The molecule has 1 heteroatoms. The van der Waals surface area contributed by atoms with Gasteiger partial charge in [-0.15, -0.1) is 0 Å². The topological polar surface area (TPSA) is 12.0 Å². The summed E-state index contributed by atoms with van der Waals surface area (Å²) < 4.78 is 0. The van der Waals surface area contributed by atoms with Gasteiger partial charge in [-0.25, -0.2) is 0 Å². The average molecular weight is 185 g/mol. The first-order valence-corrected chi connectivity index (χ1v) is 5.85. The van der Waals surface area contributed by atoms with Crippen LogP contribution in [0.25, 0.3) is 0 Å². The van der Waals surface area contributed by atoms with Gasteiger partial charge in [-0.05, 0) is 31.2 Å². The molecule has 0 aromatic heterocycles. The quantitative estimate of drug-likeness (QED) is 0.640. The summed E-state index contributed by atoms with van der Waals surface area (Å²) in [6.45, 7) is 12.6. The van der Waals surface area contributed by atoms with Crippen molar-refractivity contribution in [2.75, 3.05) is 6.54 Å². The molecule has 13 heavy (non-hydrogen) atoms. The number of hydrogen-bond acceptors (Lipinski definition) is 1. The monoisotopic (exact) mass is 185 g/mol. The van der Waals surface area contributed by atoms with Crippen LogP contribution >= 0.6 is 0 Å². The normalized spacial score (nSPS) is 16.2. The molecule has 0 radical (unpaired) electrons. The number of rotatable bonds is 7. The molecule has 80 valence electrons. The average Bonchev–Trinajstić information content (AvgIpc) is 2.02. The SMILES string of the molecule is CCCC(NCC)C(C)CC(C)C. The predicted molar refractivity (Wildman–Crippen MR) is 61.0 cm³/mol. The molecule has 2 atom stereocenters. The van der Waals surface area contributed by atoms with Gasteiger partial charge in [-0.3, -0.25) is 0 Å². The fourth-order valence-corrected chi connectivity index (χ4v) is 2.07. The van der Waals surface area contributed by atoms with E-state index in [2.05, 4.69) is 39.9 Å². The Morgan fingerprint density at radius 2 is 1.69 bits per heavy atom. The molecule has 0 rings (SSSR count). The summed E-state index contributed by atoms with van der Waals surface area (Å²) in [4.78, 5) is 0. The minimum atomic E-state index is 0.734. The summed E-state index contributed by atoms with van der Waals surface area (Å²) in [6, 6.07) is 0.734. The third kappa shape index (κ3) is 6.09. The first-order chi connectivity index (χ1) is 6.11. The lowest BCUT2D eigenvalue weighted by molar-refractivity contribution is 0.311. The highest BCUT2D eigenvalue weighted by molar-refractivity contribution is 4.73. The minimum Gasteiger partial charge on any atom is -0.314 e. The molecular formula is C12H27N. The van der Waals surface area contributed by atoms with E-state index in [1.165, 1.54) is 19.3 Å². The summed E-state index contributed by atoms with van der Waals surface area (Å²) >= 11 is 0. The summed E-state index contributed by atoms with van der Waals surface area (Å²) in [5.74, 6) is 1.65. The van der Waals surface area contributed by atoms with Gasteiger partial charge in [-0.2, -0.15) is 0 Å². The van der Waals surface area contributed by atoms with Gasteiger partial charge in [0.1, 0.15) is 0 Å². The molecule has 0 aliphatic carbocycles. The second-order valence-electron chi connectivity index (χ2n) is 4.56. The Labute approximate surface area is 84.3 Å². The van der Waals surface area contributed by atoms with E-state index in [1.807, 2.05) is 0 Å². The van der Waals surface area contributed by atoms with Crippen molar-refractivity contribution in [3.05, 3.63) is 0 Å². The van der Waals surface area contributed by atoms with Gasteiger partial charge < -0.3 is 5.32 Å². The molecule has 0 spiro atoms. The Morgan fingerprint density at radius 1 is 1.08 bits per heavy atom. The van der Waals surface area contributed by atoms with E-state index in [9.17, 15) is 0 Å². The van der Waals surface area contributed by atoms with E-state index in [4.69, 9.17) is 0 Å². The third-order valence-electron chi connectivity index (χ3n) is 2.60. The molecule has 0 aliphatic heterocycles. The van der Waals surface area contributed by atoms with Crippen LogP contribution in [0.1, 0.15) is 53.9 Å². The van der Waals surface area contributed by atoms with Crippen LogP contribution in [-0.4, -0.2) is 12.6 Å². The van der Waals surface area contributed by atoms with Crippen molar-refractivity contribution < 1.29 is 0 Å². The maximum atomic E-state index is 3.59. The van der Waals surface area contributed by atoms with Crippen molar-refractivity contribution >= 4 is 0 Å². The molecule has 2 unspecified atom stereocenters. The Balaban J connectivity index is 3.86. The van der Waals surface area contributed by atoms with Crippen molar-refractivity contribution in [3.63, 3.8) is 0 Å². The number of hydrogen-bond donors (Lipinski definition) is 1. The van der Waals surface area contributed by atoms with Crippen molar-refractivity contribution in [2.45, 2.75) is 59.9 Å². The van der Waals surface area contributed by atoms with Gasteiger partial charge in [0.25, 0.3) is 0 Å². The maximum Gasteiger partial charge on any atom is 0.00925 e. The molecular weight excluding hydrogens is 158 g/mol. The van der Waals surface area contributed by atoms with Crippen LogP contribution in [0, 0.1) is 11.8 Å². The largest absolute Gasteiger partial charge is 0.314 e. The smallest absolute Gasteiger partial charge is 0.00925 e. The van der Waals surface area contributed by atoms with Gasteiger partial charge >= 0.3 is 0 Å². The van der Waals surface area contributed by atoms with Crippen molar-refractivity contribution in [2.24, 2.45) is 11.8 Å². The highest BCUT2D eigenvalue weighted by Gasteiger charge is 2.15. The molecule has 0 amide bonds. The van der Waals surface area contributed by atoms with Crippen LogP contribution < -0.4 is 5.32 Å². The molecule has 0 aromatic carbocycles. The second-order valence-corrected chi connectivity index (χ2v) is 4.56. The Kier molecular flexibility index (Phi) is 7.35. The van der Waals surface area contributed by atoms with Gasteiger partial charge in [0.15, 0.2) is 0 Å². The van der Waals surface area contributed by atoms with Crippen molar-refractivity contribution in [1.82, 2.24) is 5.32 Å². The molecule has 0 saturated carbocycles. The first kappa shape index (κ1) is 13.0. The van der Waals surface area contributed by atoms with Crippen molar-refractivity contribution in [1.29, 1.82) is 0 Å². The second kappa shape index (κ2) is 7.37. The van der Waals surface area contributed by atoms with Crippen LogP contribution in [0.5, 0.6) is 0 Å². The van der Waals surface area contributed by atoms with Gasteiger partial charge in [0, 0.05) is 6.04 Å². The first-order valence-electron chi connectivity index (χ1n) is 5.85.